The molecule has 0 aliphatic heterocycles. The zero-order valence-corrected chi connectivity index (χ0v) is 13.7. The maximum Gasteiger partial charge on any atom is 0.153 e. The second-order valence-corrected chi connectivity index (χ2v) is 5.85. The van der Waals surface area contributed by atoms with E-state index in [1.54, 1.807) is 4.68 Å². The van der Waals surface area contributed by atoms with Gasteiger partial charge in [-0.3, -0.25) is 0 Å². The van der Waals surface area contributed by atoms with Crippen LogP contribution in [0.3, 0.4) is 0 Å². The second-order valence-electron chi connectivity index (χ2n) is 3.78. The third-order valence-corrected chi connectivity index (χ3v) is 4.05. The Morgan fingerprint density at radius 2 is 2.11 bits per heavy atom. The predicted octanol–water partition coefficient (Wildman–Crippen LogP) is 3.30. The normalized spacial score (nSPS) is 12.7. The van der Waals surface area contributed by atoms with Gasteiger partial charge in [0.15, 0.2) is 4.60 Å². The first-order chi connectivity index (χ1) is 8.54. The summed E-state index contributed by atoms with van der Waals surface area (Å²) in [6.45, 7) is 0. The second kappa shape index (κ2) is 5.69. The number of aromatic nitrogens is 3. The van der Waals surface area contributed by atoms with Crippen LogP contribution in [0.5, 0.6) is 0 Å². The van der Waals surface area contributed by atoms with E-state index in [2.05, 4.69) is 47.5 Å². The van der Waals surface area contributed by atoms with E-state index in [0.717, 1.165) is 15.7 Å². The molecule has 7 heteroatoms. The van der Waals surface area contributed by atoms with Crippen molar-refractivity contribution in [3.05, 3.63) is 43.6 Å². The minimum absolute atomic E-state index is 0.0695. The molecule has 18 heavy (non-hydrogen) atoms. The number of aryl methyl sites for hydroxylation is 1. The molecule has 0 spiro atoms. The molecule has 0 saturated carbocycles. The van der Waals surface area contributed by atoms with Gasteiger partial charge in [-0.25, -0.2) is 4.68 Å². The highest BCUT2D eigenvalue weighted by Crippen LogP contribution is 2.32. The number of halogens is 3. The summed E-state index contributed by atoms with van der Waals surface area (Å²) in [7, 11) is 3.73. The molecule has 0 aliphatic carbocycles. The van der Waals surface area contributed by atoms with E-state index < -0.39 is 0 Å². The highest BCUT2D eigenvalue weighted by atomic mass is 79.9. The third-order valence-electron chi connectivity index (χ3n) is 2.66. The fourth-order valence-electron chi connectivity index (χ4n) is 1.82. The number of benzene rings is 1. The van der Waals surface area contributed by atoms with Gasteiger partial charge in [0.1, 0.15) is 0 Å². The highest BCUT2D eigenvalue weighted by molar-refractivity contribution is 9.10. The van der Waals surface area contributed by atoms with E-state index in [9.17, 15) is 0 Å². The molecule has 0 aliphatic rings. The van der Waals surface area contributed by atoms with Crippen LogP contribution < -0.4 is 5.32 Å². The standard InChI is InChI=1S/C11H11Br2ClN4/c1-15-9(10-11(13)16-17-18(10)2)7-4-3-6(12)5-8(7)14/h3-5,9,15H,1-2H3. The monoisotopic (exact) mass is 392 g/mol. The van der Waals surface area contributed by atoms with Gasteiger partial charge in [0.25, 0.3) is 0 Å². The lowest BCUT2D eigenvalue weighted by Gasteiger charge is -2.18. The minimum atomic E-state index is -0.0695. The first kappa shape index (κ1) is 14.0. The van der Waals surface area contributed by atoms with Gasteiger partial charge in [-0.15, -0.1) is 5.10 Å². The van der Waals surface area contributed by atoms with E-state index >= 15 is 0 Å². The maximum absolute atomic E-state index is 6.29. The lowest BCUT2D eigenvalue weighted by atomic mass is 10.0. The molecule has 0 saturated heterocycles. The van der Waals surface area contributed by atoms with Crippen molar-refractivity contribution in [2.75, 3.05) is 7.05 Å². The smallest absolute Gasteiger partial charge is 0.153 e. The Labute approximate surface area is 127 Å². The van der Waals surface area contributed by atoms with Crippen LogP contribution in [-0.4, -0.2) is 22.0 Å². The van der Waals surface area contributed by atoms with Gasteiger partial charge < -0.3 is 5.32 Å². The van der Waals surface area contributed by atoms with Crippen molar-refractivity contribution in [2.45, 2.75) is 6.04 Å². The first-order valence-electron chi connectivity index (χ1n) is 5.22. The summed E-state index contributed by atoms with van der Waals surface area (Å²) in [5.74, 6) is 0. The minimum Gasteiger partial charge on any atom is -0.308 e. The molecule has 1 unspecified atom stereocenters. The predicted molar refractivity (Wildman–Crippen MR) is 78.8 cm³/mol. The summed E-state index contributed by atoms with van der Waals surface area (Å²) in [5, 5.41) is 11.9. The number of hydrogen-bond acceptors (Lipinski definition) is 3. The molecule has 0 fully saturated rings. The summed E-state index contributed by atoms with van der Waals surface area (Å²) in [6.07, 6.45) is 0. The van der Waals surface area contributed by atoms with Gasteiger partial charge in [0, 0.05) is 16.5 Å². The topological polar surface area (TPSA) is 42.7 Å². The molecule has 0 amide bonds. The molecule has 2 rings (SSSR count). The van der Waals surface area contributed by atoms with E-state index in [-0.39, 0.29) is 6.04 Å². The van der Waals surface area contributed by atoms with E-state index in [1.165, 1.54) is 0 Å². The third kappa shape index (κ3) is 2.61. The lowest BCUT2D eigenvalue weighted by Crippen LogP contribution is -2.21. The first-order valence-corrected chi connectivity index (χ1v) is 7.18. The van der Waals surface area contributed by atoms with Crippen LogP contribution in [0.1, 0.15) is 17.3 Å². The number of nitrogens with zero attached hydrogens (tertiary/aromatic N) is 3. The van der Waals surface area contributed by atoms with E-state index in [1.807, 2.05) is 32.3 Å². The van der Waals surface area contributed by atoms with Crippen LogP contribution in [0.4, 0.5) is 0 Å². The molecule has 1 aromatic heterocycles. The van der Waals surface area contributed by atoms with Gasteiger partial charge >= 0.3 is 0 Å². The molecule has 1 atom stereocenters. The quantitative estimate of drug-likeness (QED) is 0.869. The molecule has 0 radical (unpaired) electrons. The van der Waals surface area contributed by atoms with Crippen molar-refractivity contribution in [3.63, 3.8) is 0 Å². The zero-order chi connectivity index (χ0) is 13.3. The molecule has 2 aromatic rings. The van der Waals surface area contributed by atoms with Gasteiger partial charge in [-0.05, 0) is 40.7 Å². The van der Waals surface area contributed by atoms with Crippen LogP contribution >= 0.6 is 43.5 Å². The molecule has 1 N–H and O–H groups in total. The molecule has 1 heterocycles. The van der Waals surface area contributed by atoms with Crippen molar-refractivity contribution < 1.29 is 0 Å². The summed E-state index contributed by atoms with van der Waals surface area (Å²) >= 11 is 13.1. The Bertz CT molecular complexity index is 551. The summed E-state index contributed by atoms with van der Waals surface area (Å²) in [4.78, 5) is 0. The largest absolute Gasteiger partial charge is 0.308 e. The average Bonchev–Trinajstić information content (AvgIpc) is 2.64. The summed E-state index contributed by atoms with van der Waals surface area (Å²) in [6, 6.07) is 5.75. The van der Waals surface area contributed by atoms with Crippen LogP contribution in [0, 0.1) is 0 Å². The van der Waals surface area contributed by atoms with Gasteiger partial charge in [0.2, 0.25) is 0 Å². The van der Waals surface area contributed by atoms with E-state index in [0.29, 0.717) is 9.63 Å². The van der Waals surface area contributed by atoms with Gasteiger partial charge in [-0.1, -0.05) is 38.8 Å². The van der Waals surface area contributed by atoms with Crippen LogP contribution in [0.15, 0.2) is 27.3 Å². The Balaban J connectivity index is 2.52. The van der Waals surface area contributed by atoms with Crippen molar-refractivity contribution in [1.82, 2.24) is 20.3 Å². The maximum atomic E-state index is 6.29. The summed E-state index contributed by atoms with van der Waals surface area (Å²) in [5.41, 5.74) is 1.91. The fraction of sp³-hybridized carbons (Fsp3) is 0.273. The van der Waals surface area contributed by atoms with E-state index in [4.69, 9.17) is 11.6 Å². The fourth-order valence-corrected chi connectivity index (χ4v) is 3.16. The van der Waals surface area contributed by atoms with Gasteiger partial charge in [-0.2, -0.15) is 0 Å². The average molecular weight is 394 g/mol. The Morgan fingerprint density at radius 1 is 1.39 bits per heavy atom. The molecular formula is C11H11Br2ClN4. The lowest BCUT2D eigenvalue weighted by molar-refractivity contribution is 0.597. The Morgan fingerprint density at radius 3 is 2.61 bits per heavy atom. The molecule has 0 bridgehead atoms. The van der Waals surface area contributed by atoms with Crippen molar-refractivity contribution in [2.24, 2.45) is 7.05 Å². The molecular weight excluding hydrogens is 383 g/mol. The number of rotatable bonds is 3. The van der Waals surface area contributed by atoms with Crippen molar-refractivity contribution >= 4 is 43.5 Å². The zero-order valence-electron chi connectivity index (χ0n) is 9.78. The van der Waals surface area contributed by atoms with Crippen LogP contribution in [0.25, 0.3) is 0 Å². The molecule has 4 nitrogen and oxygen atoms in total. The van der Waals surface area contributed by atoms with Crippen molar-refractivity contribution in [1.29, 1.82) is 0 Å². The molecule has 96 valence electrons. The van der Waals surface area contributed by atoms with Crippen LogP contribution in [-0.2, 0) is 7.05 Å². The van der Waals surface area contributed by atoms with Crippen LogP contribution in [0.2, 0.25) is 5.02 Å². The van der Waals surface area contributed by atoms with Gasteiger partial charge in [0.05, 0.1) is 11.7 Å². The number of hydrogen-bond donors (Lipinski definition) is 1. The van der Waals surface area contributed by atoms with Crippen molar-refractivity contribution in [3.8, 4) is 0 Å². The number of nitrogens with one attached hydrogen (secondary N) is 1. The molecule has 1 aromatic carbocycles. The summed E-state index contributed by atoms with van der Waals surface area (Å²) < 4.78 is 3.39. The SMILES string of the molecule is CNC(c1ccc(Br)cc1Cl)c1c(Br)nnn1C. The Hall–Kier alpha value is -0.430. The Kier molecular flexibility index (Phi) is 4.42. The highest BCUT2D eigenvalue weighted by Gasteiger charge is 2.22.